The maximum absolute atomic E-state index is 12.1. The monoisotopic (exact) mass is 315 g/mol. The quantitative estimate of drug-likeness (QED) is 0.859. The molecule has 96 valence electrons. The summed E-state index contributed by atoms with van der Waals surface area (Å²) in [6.45, 7) is 1.90. The Balaban J connectivity index is 2.24. The Bertz CT molecular complexity index is 657. The first kappa shape index (κ1) is 13.6. The van der Waals surface area contributed by atoms with Gasteiger partial charge in [0.2, 0.25) is 0 Å². The number of halogens is 1. The molecule has 2 rings (SSSR count). The predicted octanol–water partition coefficient (Wildman–Crippen LogP) is 3.74. The molecule has 0 bridgehead atoms. The lowest BCUT2D eigenvalue weighted by Crippen LogP contribution is -2.32. The van der Waals surface area contributed by atoms with Crippen molar-refractivity contribution < 1.29 is 4.79 Å². The number of hydrogen-bond acceptors (Lipinski definition) is 1. The van der Waals surface area contributed by atoms with Crippen LogP contribution in [0.25, 0.3) is 10.8 Å². The Labute approximate surface area is 121 Å². The van der Waals surface area contributed by atoms with Crippen LogP contribution >= 0.6 is 15.9 Å². The van der Waals surface area contributed by atoms with Crippen molar-refractivity contribution in [2.24, 2.45) is 0 Å². The molecular weight excluding hydrogens is 302 g/mol. The van der Waals surface area contributed by atoms with Crippen molar-refractivity contribution in [3.8, 4) is 12.3 Å². The number of hydrogen-bond donors (Lipinski definition) is 1. The fourth-order valence-corrected chi connectivity index (χ4v) is 2.27. The summed E-state index contributed by atoms with van der Waals surface area (Å²) in [5.74, 6) is 2.45. The number of nitrogens with one attached hydrogen (secondary N) is 1. The third-order valence-electron chi connectivity index (χ3n) is 2.87. The van der Waals surface area contributed by atoms with Crippen molar-refractivity contribution >= 4 is 32.6 Å². The second kappa shape index (κ2) is 5.90. The van der Waals surface area contributed by atoms with E-state index in [1.807, 2.05) is 43.3 Å². The number of carbonyl (C=O) groups excluding carboxylic acids is 1. The zero-order valence-corrected chi connectivity index (χ0v) is 12.2. The van der Waals surface area contributed by atoms with E-state index in [1.54, 1.807) is 0 Å². The molecule has 2 aromatic carbocycles. The number of fused-ring (bicyclic) bond motifs is 1. The summed E-state index contributed by atoms with van der Waals surface area (Å²) < 4.78 is 1.03. The first-order valence-corrected chi connectivity index (χ1v) is 6.83. The molecule has 2 aromatic rings. The van der Waals surface area contributed by atoms with E-state index in [-0.39, 0.29) is 11.9 Å². The third kappa shape index (κ3) is 3.36. The van der Waals surface area contributed by atoms with E-state index in [2.05, 4.69) is 27.2 Å². The van der Waals surface area contributed by atoms with Gasteiger partial charge in [0.15, 0.2) is 0 Å². The highest BCUT2D eigenvalue weighted by Gasteiger charge is 2.09. The van der Waals surface area contributed by atoms with Gasteiger partial charge in [-0.1, -0.05) is 28.1 Å². The molecule has 0 aliphatic heterocycles. The molecule has 0 spiro atoms. The maximum Gasteiger partial charge on any atom is 0.251 e. The number of terminal acetylenes is 1. The summed E-state index contributed by atoms with van der Waals surface area (Å²) in [6, 6.07) is 11.6. The fraction of sp³-hybridized carbons (Fsp3) is 0.188. The molecule has 19 heavy (non-hydrogen) atoms. The summed E-state index contributed by atoms with van der Waals surface area (Å²) in [7, 11) is 0. The highest BCUT2D eigenvalue weighted by molar-refractivity contribution is 9.10. The van der Waals surface area contributed by atoms with E-state index < -0.39 is 0 Å². The first-order valence-electron chi connectivity index (χ1n) is 6.04. The van der Waals surface area contributed by atoms with Crippen LogP contribution in [0.4, 0.5) is 0 Å². The zero-order valence-electron chi connectivity index (χ0n) is 10.6. The van der Waals surface area contributed by atoms with Gasteiger partial charge in [0.25, 0.3) is 5.91 Å². The molecule has 1 unspecified atom stereocenters. The summed E-state index contributed by atoms with van der Waals surface area (Å²) in [5.41, 5.74) is 0.652. The van der Waals surface area contributed by atoms with Crippen LogP contribution in [0.1, 0.15) is 23.7 Å². The van der Waals surface area contributed by atoms with Crippen LogP contribution in [-0.2, 0) is 0 Å². The highest BCUT2D eigenvalue weighted by Crippen LogP contribution is 2.21. The number of carbonyl (C=O) groups is 1. The van der Waals surface area contributed by atoms with Crippen molar-refractivity contribution in [1.29, 1.82) is 0 Å². The second-order valence-electron chi connectivity index (χ2n) is 4.49. The van der Waals surface area contributed by atoms with Crippen LogP contribution in [0, 0.1) is 12.3 Å². The van der Waals surface area contributed by atoms with E-state index in [0.717, 1.165) is 15.2 Å². The van der Waals surface area contributed by atoms with Crippen LogP contribution < -0.4 is 5.32 Å². The molecule has 0 radical (unpaired) electrons. The standard InChI is InChI=1S/C16H14BrNO/c1-3-4-11(2)18-16(19)14-6-5-13-10-15(17)8-7-12(13)9-14/h1,5-11H,4H2,2H3,(H,18,19). The molecule has 0 aromatic heterocycles. The topological polar surface area (TPSA) is 29.1 Å². The van der Waals surface area contributed by atoms with Gasteiger partial charge < -0.3 is 5.32 Å². The average molecular weight is 316 g/mol. The minimum Gasteiger partial charge on any atom is -0.349 e. The molecule has 0 aliphatic rings. The molecule has 0 saturated carbocycles. The van der Waals surface area contributed by atoms with Crippen molar-refractivity contribution in [2.75, 3.05) is 0 Å². The Morgan fingerprint density at radius 1 is 1.32 bits per heavy atom. The second-order valence-corrected chi connectivity index (χ2v) is 5.40. The van der Waals surface area contributed by atoms with Gasteiger partial charge in [0.05, 0.1) is 0 Å². The van der Waals surface area contributed by atoms with E-state index in [9.17, 15) is 4.79 Å². The largest absolute Gasteiger partial charge is 0.349 e. The van der Waals surface area contributed by atoms with E-state index in [1.165, 1.54) is 0 Å². The van der Waals surface area contributed by atoms with E-state index >= 15 is 0 Å². The lowest BCUT2D eigenvalue weighted by atomic mass is 10.1. The van der Waals surface area contributed by atoms with Crippen molar-refractivity contribution in [2.45, 2.75) is 19.4 Å². The van der Waals surface area contributed by atoms with Gasteiger partial charge in [-0.15, -0.1) is 12.3 Å². The number of benzene rings is 2. The molecule has 0 fully saturated rings. The average Bonchev–Trinajstić information content (AvgIpc) is 2.38. The Morgan fingerprint density at radius 3 is 2.74 bits per heavy atom. The summed E-state index contributed by atoms with van der Waals surface area (Å²) in [6.07, 6.45) is 5.76. The predicted molar refractivity (Wildman–Crippen MR) is 82.0 cm³/mol. The zero-order chi connectivity index (χ0) is 13.8. The van der Waals surface area contributed by atoms with Crippen LogP contribution in [0.5, 0.6) is 0 Å². The SMILES string of the molecule is C#CCC(C)NC(=O)c1ccc2cc(Br)ccc2c1. The molecule has 1 amide bonds. The lowest BCUT2D eigenvalue weighted by molar-refractivity contribution is 0.0941. The smallest absolute Gasteiger partial charge is 0.251 e. The van der Waals surface area contributed by atoms with Crippen molar-refractivity contribution in [3.05, 3.63) is 46.4 Å². The van der Waals surface area contributed by atoms with Gasteiger partial charge in [0, 0.05) is 22.5 Å². The maximum atomic E-state index is 12.1. The molecule has 3 heteroatoms. The number of rotatable bonds is 3. The van der Waals surface area contributed by atoms with Gasteiger partial charge in [-0.2, -0.15) is 0 Å². The number of amides is 1. The van der Waals surface area contributed by atoms with Gasteiger partial charge in [-0.3, -0.25) is 4.79 Å². The van der Waals surface area contributed by atoms with E-state index in [4.69, 9.17) is 6.42 Å². The minimum absolute atomic E-state index is 0.0156. The fourth-order valence-electron chi connectivity index (χ4n) is 1.89. The molecule has 1 N–H and O–H groups in total. The van der Waals surface area contributed by atoms with Gasteiger partial charge in [-0.25, -0.2) is 0 Å². The Kier molecular flexibility index (Phi) is 4.24. The normalized spacial score (nSPS) is 11.8. The lowest BCUT2D eigenvalue weighted by Gasteiger charge is -2.11. The van der Waals surface area contributed by atoms with Crippen LogP contribution in [0.15, 0.2) is 40.9 Å². The van der Waals surface area contributed by atoms with Gasteiger partial charge in [-0.05, 0) is 42.0 Å². The molecule has 2 nitrogen and oxygen atoms in total. The summed E-state index contributed by atoms with van der Waals surface area (Å²) >= 11 is 3.43. The van der Waals surface area contributed by atoms with Crippen LogP contribution in [0.2, 0.25) is 0 Å². The molecular formula is C16H14BrNO. The molecule has 0 heterocycles. The van der Waals surface area contributed by atoms with Crippen molar-refractivity contribution in [1.82, 2.24) is 5.32 Å². The third-order valence-corrected chi connectivity index (χ3v) is 3.36. The molecule has 0 aliphatic carbocycles. The van der Waals surface area contributed by atoms with Gasteiger partial charge in [0.1, 0.15) is 0 Å². The van der Waals surface area contributed by atoms with E-state index in [0.29, 0.717) is 12.0 Å². The Morgan fingerprint density at radius 2 is 2.00 bits per heavy atom. The molecule has 0 saturated heterocycles. The Hall–Kier alpha value is -1.79. The van der Waals surface area contributed by atoms with Crippen molar-refractivity contribution in [3.63, 3.8) is 0 Å². The first-order chi connectivity index (χ1) is 9.10. The van der Waals surface area contributed by atoms with Gasteiger partial charge >= 0.3 is 0 Å². The van der Waals surface area contributed by atoms with Crippen LogP contribution in [0.3, 0.4) is 0 Å². The minimum atomic E-state index is -0.0902. The van der Waals surface area contributed by atoms with Crippen LogP contribution in [-0.4, -0.2) is 11.9 Å². The summed E-state index contributed by atoms with van der Waals surface area (Å²) in [5, 5.41) is 5.02. The highest BCUT2D eigenvalue weighted by atomic mass is 79.9. The molecule has 1 atom stereocenters. The summed E-state index contributed by atoms with van der Waals surface area (Å²) in [4.78, 5) is 12.1.